The van der Waals surface area contributed by atoms with Gasteiger partial charge in [-0.15, -0.1) is 0 Å². The average Bonchev–Trinajstić information content (AvgIpc) is 2.64. The fraction of sp³-hybridized carbons (Fsp3) is 0.182. The van der Waals surface area contributed by atoms with E-state index < -0.39 is 6.10 Å². The largest absolute Gasteiger partial charge is 0.382 e. The lowest BCUT2D eigenvalue weighted by Crippen LogP contribution is -2.03. The summed E-state index contributed by atoms with van der Waals surface area (Å²) in [4.78, 5) is 0. The van der Waals surface area contributed by atoms with E-state index >= 15 is 0 Å². The van der Waals surface area contributed by atoms with Gasteiger partial charge in [0.2, 0.25) is 0 Å². The number of hydrogen-bond acceptors (Lipinski definition) is 2. The van der Waals surface area contributed by atoms with E-state index in [2.05, 4.69) is 5.10 Å². The molecular formula is C11H10Cl2N2O. The normalized spacial score (nSPS) is 12.8. The van der Waals surface area contributed by atoms with Crippen molar-refractivity contribution in [1.82, 2.24) is 9.78 Å². The van der Waals surface area contributed by atoms with Gasteiger partial charge >= 0.3 is 0 Å². The second kappa shape index (κ2) is 4.45. The van der Waals surface area contributed by atoms with Gasteiger partial charge in [-0.3, -0.25) is 4.68 Å². The molecule has 0 saturated heterocycles. The van der Waals surface area contributed by atoms with Crippen molar-refractivity contribution < 1.29 is 5.11 Å². The number of aliphatic hydroxyl groups excluding tert-OH is 1. The molecule has 0 aliphatic heterocycles. The topological polar surface area (TPSA) is 38.0 Å². The Kier molecular flexibility index (Phi) is 3.19. The van der Waals surface area contributed by atoms with E-state index in [1.807, 2.05) is 0 Å². The first-order valence-electron chi connectivity index (χ1n) is 4.71. The highest BCUT2D eigenvalue weighted by molar-refractivity contribution is 6.36. The van der Waals surface area contributed by atoms with Crippen LogP contribution in [0, 0.1) is 0 Å². The van der Waals surface area contributed by atoms with Crippen LogP contribution in [0.15, 0.2) is 30.5 Å². The second-order valence-electron chi connectivity index (χ2n) is 3.45. The minimum absolute atomic E-state index is 0.436. The van der Waals surface area contributed by atoms with Crippen LogP contribution in [0.2, 0.25) is 10.0 Å². The van der Waals surface area contributed by atoms with Crippen molar-refractivity contribution >= 4 is 23.2 Å². The molecule has 0 amide bonds. The van der Waals surface area contributed by atoms with Gasteiger partial charge in [-0.2, -0.15) is 5.10 Å². The lowest BCUT2D eigenvalue weighted by Gasteiger charge is -2.11. The van der Waals surface area contributed by atoms with Crippen LogP contribution >= 0.6 is 23.2 Å². The van der Waals surface area contributed by atoms with Gasteiger partial charge in [-0.25, -0.2) is 0 Å². The van der Waals surface area contributed by atoms with E-state index in [0.717, 1.165) is 0 Å². The molecule has 0 aliphatic rings. The molecule has 0 bridgehead atoms. The number of aliphatic hydroxyl groups is 1. The number of rotatable bonds is 2. The first kappa shape index (κ1) is 11.5. The summed E-state index contributed by atoms with van der Waals surface area (Å²) in [5, 5.41) is 15.1. The Hall–Kier alpha value is -1.03. The molecule has 1 heterocycles. The van der Waals surface area contributed by atoms with Gasteiger partial charge < -0.3 is 5.11 Å². The Morgan fingerprint density at radius 3 is 2.38 bits per heavy atom. The molecule has 16 heavy (non-hydrogen) atoms. The molecule has 84 valence electrons. The molecule has 1 unspecified atom stereocenters. The molecular weight excluding hydrogens is 247 g/mol. The van der Waals surface area contributed by atoms with Gasteiger partial charge in [0.15, 0.2) is 0 Å². The summed E-state index contributed by atoms with van der Waals surface area (Å²) in [5.74, 6) is 0. The average molecular weight is 257 g/mol. The van der Waals surface area contributed by atoms with Crippen LogP contribution in [-0.2, 0) is 7.05 Å². The molecule has 1 aromatic carbocycles. The molecule has 0 aliphatic carbocycles. The summed E-state index contributed by atoms with van der Waals surface area (Å²) in [5.41, 5.74) is 1.02. The third-order valence-corrected chi connectivity index (χ3v) is 2.95. The van der Waals surface area contributed by atoms with Gasteiger partial charge in [0.1, 0.15) is 6.10 Å². The third kappa shape index (κ3) is 2.07. The van der Waals surface area contributed by atoms with Crippen LogP contribution in [0.1, 0.15) is 17.4 Å². The van der Waals surface area contributed by atoms with E-state index in [1.54, 1.807) is 42.2 Å². The minimum Gasteiger partial charge on any atom is -0.382 e. The molecule has 1 N–H and O–H groups in total. The maximum Gasteiger partial charge on any atom is 0.126 e. The molecule has 2 rings (SSSR count). The maximum atomic E-state index is 10.1. The number of aryl methyl sites for hydroxylation is 1. The Balaban J connectivity index is 2.45. The zero-order valence-corrected chi connectivity index (χ0v) is 10.1. The highest BCUT2D eigenvalue weighted by Gasteiger charge is 2.19. The Morgan fingerprint density at radius 2 is 1.88 bits per heavy atom. The molecule has 3 nitrogen and oxygen atoms in total. The summed E-state index contributed by atoms with van der Waals surface area (Å²) < 4.78 is 1.61. The highest BCUT2D eigenvalue weighted by Crippen LogP contribution is 2.33. The van der Waals surface area contributed by atoms with Gasteiger partial charge in [0.05, 0.1) is 5.69 Å². The Morgan fingerprint density at radius 1 is 1.25 bits per heavy atom. The summed E-state index contributed by atoms with van der Waals surface area (Å²) >= 11 is 12.0. The van der Waals surface area contributed by atoms with Crippen LogP contribution in [0.5, 0.6) is 0 Å². The van der Waals surface area contributed by atoms with Crippen molar-refractivity contribution in [3.05, 3.63) is 51.8 Å². The number of halogens is 2. The second-order valence-corrected chi connectivity index (χ2v) is 4.27. The lowest BCUT2D eigenvalue weighted by molar-refractivity contribution is 0.214. The zero-order valence-electron chi connectivity index (χ0n) is 8.56. The predicted octanol–water partition coefficient (Wildman–Crippen LogP) is 2.81. The van der Waals surface area contributed by atoms with Crippen molar-refractivity contribution in [3.63, 3.8) is 0 Å². The fourth-order valence-electron chi connectivity index (χ4n) is 1.50. The van der Waals surface area contributed by atoms with E-state index in [1.165, 1.54) is 0 Å². The summed E-state index contributed by atoms with van der Waals surface area (Å²) in [7, 11) is 1.78. The van der Waals surface area contributed by atoms with Gasteiger partial charge in [-0.05, 0) is 18.2 Å². The number of aromatic nitrogens is 2. The number of hydrogen-bond donors (Lipinski definition) is 1. The molecule has 0 saturated carbocycles. The Bertz CT molecular complexity index is 490. The first-order chi connectivity index (χ1) is 7.59. The smallest absolute Gasteiger partial charge is 0.126 e. The molecule has 0 radical (unpaired) electrons. The summed E-state index contributed by atoms with van der Waals surface area (Å²) in [6.45, 7) is 0. The monoisotopic (exact) mass is 256 g/mol. The van der Waals surface area contributed by atoms with Gasteiger partial charge in [0, 0.05) is 28.9 Å². The van der Waals surface area contributed by atoms with Crippen LogP contribution in [0.25, 0.3) is 0 Å². The van der Waals surface area contributed by atoms with E-state index in [9.17, 15) is 5.11 Å². The molecule has 1 aromatic heterocycles. The predicted molar refractivity (Wildman–Crippen MR) is 63.7 cm³/mol. The molecule has 1 atom stereocenters. The molecule has 0 spiro atoms. The highest BCUT2D eigenvalue weighted by atomic mass is 35.5. The molecule has 0 fully saturated rings. The zero-order chi connectivity index (χ0) is 11.7. The van der Waals surface area contributed by atoms with E-state index in [-0.39, 0.29) is 0 Å². The van der Waals surface area contributed by atoms with Gasteiger partial charge in [0.25, 0.3) is 0 Å². The van der Waals surface area contributed by atoms with Crippen LogP contribution in [-0.4, -0.2) is 14.9 Å². The van der Waals surface area contributed by atoms with Crippen molar-refractivity contribution in [2.45, 2.75) is 6.10 Å². The standard InChI is InChI=1S/C11H10Cl2N2O/c1-15-6-5-9(14-15)11(16)10-7(12)3-2-4-8(10)13/h2-6,11,16H,1H3. The van der Waals surface area contributed by atoms with E-state index in [0.29, 0.717) is 21.3 Å². The molecule has 5 heteroatoms. The third-order valence-electron chi connectivity index (χ3n) is 2.29. The maximum absolute atomic E-state index is 10.1. The van der Waals surface area contributed by atoms with Crippen molar-refractivity contribution in [1.29, 1.82) is 0 Å². The summed E-state index contributed by atoms with van der Waals surface area (Å²) in [6.07, 6.45) is 0.853. The molecule has 2 aromatic rings. The first-order valence-corrected chi connectivity index (χ1v) is 5.46. The number of nitrogens with zero attached hydrogens (tertiary/aromatic N) is 2. The Labute approximate surface area is 103 Å². The van der Waals surface area contributed by atoms with Crippen molar-refractivity contribution in [2.75, 3.05) is 0 Å². The lowest BCUT2D eigenvalue weighted by atomic mass is 10.1. The van der Waals surface area contributed by atoms with Crippen LogP contribution in [0.3, 0.4) is 0 Å². The number of benzene rings is 1. The van der Waals surface area contributed by atoms with Crippen molar-refractivity contribution in [3.8, 4) is 0 Å². The summed E-state index contributed by atoms with van der Waals surface area (Å²) in [6, 6.07) is 6.84. The van der Waals surface area contributed by atoms with Crippen LogP contribution < -0.4 is 0 Å². The van der Waals surface area contributed by atoms with Crippen LogP contribution in [0.4, 0.5) is 0 Å². The van der Waals surface area contributed by atoms with E-state index in [4.69, 9.17) is 23.2 Å². The minimum atomic E-state index is -0.901. The van der Waals surface area contributed by atoms with Crippen molar-refractivity contribution in [2.24, 2.45) is 7.05 Å². The van der Waals surface area contributed by atoms with Gasteiger partial charge in [-0.1, -0.05) is 29.3 Å². The quantitative estimate of drug-likeness (QED) is 0.898. The fourth-order valence-corrected chi connectivity index (χ4v) is 2.10. The SMILES string of the molecule is Cn1ccc(C(O)c2c(Cl)cccc2Cl)n1.